The third-order valence-corrected chi connectivity index (χ3v) is 3.46. The molecule has 1 heterocycles. The minimum Gasteiger partial charge on any atom is -0.386 e. The average Bonchev–Trinajstić information content (AvgIpc) is 2.82. The molecule has 6 heteroatoms. The highest BCUT2D eigenvalue weighted by molar-refractivity contribution is 6.35. The van der Waals surface area contributed by atoms with Crippen LogP contribution in [-0.2, 0) is 13.0 Å². The molecule has 1 N–H and O–H groups in total. The molecule has 0 fully saturated rings. The monoisotopic (exact) mass is 285 g/mol. The summed E-state index contributed by atoms with van der Waals surface area (Å²) in [6.07, 6.45) is 1.17. The summed E-state index contributed by atoms with van der Waals surface area (Å²) in [6, 6.07) is 5.29. The Morgan fingerprint density at radius 2 is 2.00 bits per heavy atom. The minimum atomic E-state index is -0.725. The zero-order valence-corrected chi connectivity index (χ0v) is 11.4. The summed E-state index contributed by atoms with van der Waals surface area (Å²) < 4.78 is 1.65. The number of aliphatic hydroxyl groups is 1. The highest BCUT2D eigenvalue weighted by atomic mass is 35.5. The summed E-state index contributed by atoms with van der Waals surface area (Å²) in [6.45, 7) is 2.59. The molecule has 18 heavy (non-hydrogen) atoms. The van der Waals surface area contributed by atoms with Crippen LogP contribution in [0.1, 0.15) is 24.3 Å². The first kappa shape index (κ1) is 13.3. The summed E-state index contributed by atoms with van der Waals surface area (Å²) in [7, 11) is 0. The average molecular weight is 286 g/mol. The van der Waals surface area contributed by atoms with E-state index in [-0.39, 0.29) is 0 Å². The second-order valence-electron chi connectivity index (χ2n) is 3.89. The van der Waals surface area contributed by atoms with Crippen molar-refractivity contribution in [1.29, 1.82) is 0 Å². The van der Waals surface area contributed by atoms with Crippen molar-refractivity contribution >= 4 is 23.2 Å². The molecule has 0 spiro atoms. The Hall–Kier alpha value is -1.10. The predicted octanol–water partition coefficient (Wildman–Crippen LogP) is 2.88. The molecular formula is C12H13Cl2N3O. The maximum absolute atomic E-state index is 10.2. The fraction of sp³-hybridized carbons (Fsp3) is 0.333. The minimum absolute atomic E-state index is 0.339. The van der Waals surface area contributed by atoms with E-state index in [1.807, 2.05) is 6.92 Å². The lowest BCUT2D eigenvalue weighted by atomic mass is 10.1. The number of hydrogen-bond donors (Lipinski definition) is 1. The van der Waals surface area contributed by atoms with Gasteiger partial charge in [0.25, 0.3) is 0 Å². The van der Waals surface area contributed by atoms with Crippen LogP contribution in [0.15, 0.2) is 24.4 Å². The van der Waals surface area contributed by atoms with E-state index in [1.165, 1.54) is 0 Å². The molecule has 4 nitrogen and oxygen atoms in total. The summed E-state index contributed by atoms with van der Waals surface area (Å²) in [5.74, 6) is 0. The van der Waals surface area contributed by atoms with E-state index in [0.29, 0.717) is 28.7 Å². The third kappa shape index (κ3) is 2.66. The van der Waals surface area contributed by atoms with E-state index < -0.39 is 6.10 Å². The van der Waals surface area contributed by atoms with Crippen molar-refractivity contribution in [3.05, 3.63) is 45.7 Å². The van der Waals surface area contributed by atoms with Gasteiger partial charge in [0.05, 0.1) is 11.9 Å². The maximum atomic E-state index is 10.2. The van der Waals surface area contributed by atoms with Crippen LogP contribution in [0.25, 0.3) is 0 Å². The fourth-order valence-electron chi connectivity index (χ4n) is 1.79. The SMILES string of the molecule is CCn1nncc1C(O)Cc1c(Cl)cccc1Cl. The van der Waals surface area contributed by atoms with Gasteiger partial charge in [0, 0.05) is 23.0 Å². The topological polar surface area (TPSA) is 50.9 Å². The first-order valence-corrected chi connectivity index (χ1v) is 6.38. The smallest absolute Gasteiger partial charge is 0.101 e. The lowest BCUT2D eigenvalue weighted by Crippen LogP contribution is -2.10. The van der Waals surface area contributed by atoms with E-state index >= 15 is 0 Å². The standard InChI is InChI=1S/C12H13Cl2N3O/c1-2-17-11(7-15-16-17)12(18)6-8-9(13)4-3-5-10(8)14/h3-5,7,12,18H,2,6H2,1H3. The van der Waals surface area contributed by atoms with Gasteiger partial charge >= 0.3 is 0 Å². The van der Waals surface area contributed by atoms with E-state index in [1.54, 1.807) is 29.1 Å². The number of aromatic nitrogens is 3. The molecule has 96 valence electrons. The highest BCUT2D eigenvalue weighted by Gasteiger charge is 2.17. The Morgan fingerprint density at radius 1 is 1.33 bits per heavy atom. The molecular weight excluding hydrogens is 273 g/mol. The van der Waals surface area contributed by atoms with Crippen LogP contribution in [0.3, 0.4) is 0 Å². The molecule has 1 aromatic carbocycles. The molecule has 0 bridgehead atoms. The van der Waals surface area contributed by atoms with Gasteiger partial charge in [-0.2, -0.15) is 0 Å². The zero-order chi connectivity index (χ0) is 13.1. The van der Waals surface area contributed by atoms with Gasteiger partial charge in [-0.15, -0.1) is 5.10 Å². The first-order valence-electron chi connectivity index (χ1n) is 5.62. The van der Waals surface area contributed by atoms with Crippen molar-refractivity contribution < 1.29 is 5.11 Å². The van der Waals surface area contributed by atoms with Crippen LogP contribution in [0.4, 0.5) is 0 Å². The van der Waals surface area contributed by atoms with Crippen molar-refractivity contribution in [3.63, 3.8) is 0 Å². The molecule has 0 aliphatic carbocycles. The third-order valence-electron chi connectivity index (χ3n) is 2.75. The van der Waals surface area contributed by atoms with Crippen LogP contribution in [0.2, 0.25) is 10.0 Å². The number of aryl methyl sites for hydroxylation is 1. The van der Waals surface area contributed by atoms with Crippen molar-refractivity contribution in [2.75, 3.05) is 0 Å². The van der Waals surface area contributed by atoms with Gasteiger partial charge in [0.2, 0.25) is 0 Å². The van der Waals surface area contributed by atoms with E-state index in [0.717, 1.165) is 5.56 Å². The van der Waals surface area contributed by atoms with E-state index in [2.05, 4.69) is 10.3 Å². The second-order valence-corrected chi connectivity index (χ2v) is 4.71. The van der Waals surface area contributed by atoms with Crippen LogP contribution in [-0.4, -0.2) is 20.1 Å². The molecule has 0 radical (unpaired) electrons. The van der Waals surface area contributed by atoms with Crippen LogP contribution >= 0.6 is 23.2 Å². The number of aliphatic hydroxyl groups excluding tert-OH is 1. The van der Waals surface area contributed by atoms with Crippen molar-refractivity contribution in [1.82, 2.24) is 15.0 Å². The van der Waals surface area contributed by atoms with Gasteiger partial charge < -0.3 is 5.11 Å². The molecule has 0 amide bonds. The van der Waals surface area contributed by atoms with Crippen LogP contribution in [0, 0.1) is 0 Å². The Kier molecular flexibility index (Phi) is 4.22. The van der Waals surface area contributed by atoms with Crippen LogP contribution in [0.5, 0.6) is 0 Å². The van der Waals surface area contributed by atoms with Gasteiger partial charge in [-0.1, -0.05) is 34.5 Å². The van der Waals surface area contributed by atoms with E-state index in [9.17, 15) is 5.11 Å². The van der Waals surface area contributed by atoms with Gasteiger partial charge in [-0.05, 0) is 24.6 Å². The Balaban J connectivity index is 2.24. The molecule has 1 atom stereocenters. The van der Waals surface area contributed by atoms with Crippen molar-refractivity contribution in [3.8, 4) is 0 Å². The number of nitrogens with zero attached hydrogens (tertiary/aromatic N) is 3. The zero-order valence-electron chi connectivity index (χ0n) is 9.85. The van der Waals surface area contributed by atoms with Crippen LogP contribution < -0.4 is 0 Å². The van der Waals surface area contributed by atoms with Gasteiger partial charge in [0.1, 0.15) is 6.10 Å². The highest BCUT2D eigenvalue weighted by Crippen LogP contribution is 2.28. The summed E-state index contributed by atoms with van der Waals surface area (Å²) in [4.78, 5) is 0. The van der Waals surface area contributed by atoms with Crippen molar-refractivity contribution in [2.45, 2.75) is 26.0 Å². The van der Waals surface area contributed by atoms with Gasteiger partial charge in [-0.3, -0.25) is 0 Å². The van der Waals surface area contributed by atoms with Gasteiger partial charge in [-0.25, -0.2) is 4.68 Å². The number of hydrogen-bond acceptors (Lipinski definition) is 3. The normalized spacial score (nSPS) is 12.7. The van der Waals surface area contributed by atoms with Gasteiger partial charge in [0.15, 0.2) is 0 Å². The van der Waals surface area contributed by atoms with E-state index in [4.69, 9.17) is 23.2 Å². The molecule has 1 aromatic heterocycles. The number of halogens is 2. The number of rotatable bonds is 4. The molecule has 0 aliphatic rings. The molecule has 0 saturated heterocycles. The lowest BCUT2D eigenvalue weighted by Gasteiger charge is -2.13. The quantitative estimate of drug-likeness (QED) is 0.940. The molecule has 2 aromatic rings. The lowest BCUT2D eigenvalue weighted by molar-refractivity contribution is 0.167. The largest absolute Gasteiger partial charge is 0.386 e. The summed E-state index contributed by atoms with van der Waals surface area (Å²) >= 11 is 12.2. The molecule has 2 rings (SSSR count). The predicted molar refractivity (Wildman–Crippen MR) is 70.8 cm³/mol. The Morgan fingerprint density at radius 3 is 2.61 bits per heavy atom. The second kappa shape index (κ2) is 5.69. The summed E-state index contributed by atoms with van der Waals surface area (Å²) in [5.41, 5.74) is 1.39. The first-order chi connectivity index (χ1) is 8.63. The fourth-order valence-corrected chi connectivity index (χ4v) is 2.35. The Bertz CT molecular complexity index is 522. The number of benzene rings is 1. The van der Waals surface area contributed by atoms with Crippen molar-refractivity contribution in [2.24, 2.45) is 0 Å². The molecule has 1 unspecified atom stereocenters. The molecule has 0 aliphatic heterocycles. The summed E-state index contributed by atoms with van der Waals surface area (Å²) in [5, 5.41) is 19.0. The maximum Gasteiger partial charge on any atom is 0.101 e. The Labute approximate surface area is 115 Å². The molecule has 0 saturated carbocycles.